The molecule has 1 aromatic heterocycles. The minimum atomic E-state index is 0.762. The van der Waals surface area contributed by atoms with Gasteiger partial charge in [-0.15, -0.1) is 0 Å². The van der Waals surface area contributed by atoms with Crippen molar-refractivity contribution < 1.29 is 0 Å². The summed E-state index contributed by atoms with van der Waals surface area (Å²) in [5.41, 5.74) is 2.25. The average molecular weight is 289 g/mol. The number of piperazine rings is 1. The van der Waals surface area contributed by atoms with Gasteiger partial charge in [0.25, 0.3) is 0 Å². The molecule has 0 saturated carbocycles. The van der Waals surface area contributed by atoms with Crippen LogP contribution in [0.2, 0.25) is 5.02 Å². The maximum Gasteiger partial charge on any atom is 0.225 e. The molecule has 1 aliphatic rings. The largest absolute Gasteiger partial charge is 0.338 e. The summed E-state index contributed by atoms with van der Waals surface area (Å²) in [5, 5.41) is 4.10. The second-order valence-corrected chi connectivity index (χ2v) is 5.32. The zero-order valence-electron chi connectivity index (χ0n) is 11.2. The predicted octanol–water partition coefficient (Wildman–Crippen LogP) is 2.13. The van der Waals surface area contributed by atoms with E-state index in [0.29, 0.717) is 0 Å². The molecule has 0 aliphatic carbocycles. The fourth-order valence-corrected chi connectivity index (χ4v) is 2.44. The second kappa shape index (κ2) is 6.20. The molecule has 104 valence electrons. The maximum atomic E-state index is 5.90. The van der Waals surface area contributed by atoms with Gasteiger partial charge in [0.1, 0.15) is 0 Å². The lowest BCUT2D eigenvalue weighted by molar-refractivity contribution is 0.579. The monoisotopic (exact) mass is 288 g/mol. The molecule has 0 radical (unpaired) electrons. The normalized spacial score (nSPS) is 15.3. The van der Waals surface area contributed by atoms with Gasteiger partial charge in [-0.2, -0.15) is 0 Å². The van der Waals surface area contributed by atoms with Gasteiger partial charge >= 0.3 is 0 Å². The number of hydrogen-bond acceptors (Lipinski definition) is 4. The third-order valence-corrected chi connectivity index (χ3v) is 3.65. The van der Waals surface area contributed by atoms with Crippen LogP contribution in [0.3, 0.4) is 0 Å². The molecule has 1 fully saturated rings. The Balaban J connectivity index is 1.75. The number of aromatic nitrogens is 2. The number of nitrogens with zero attached hydrogens (tertiary/aromatic N) is 3. The fraction of sp³-hybridized carbons (Fsp3) is 0.333. The molecule has 0 unspecified atom stereocenters. The Morgan fingerprint density at radius 3 is 2.60 bits per heavy atom. The van der Waals surface area contributed by atoms with Crippen LogP contribution in [0.1, 0.15) is 11.3 Å². The van der Waals surface area contributed by atoms with E-state index >= 15 is 0 Å². The van der Waals surface area contributed by atoms with Gasteiger partial charge in [0.2, 0.25) is 5.95 Å². The van der Waals surface area contributed by atoms with Crippen molar-refractivity contribution in [2.24, 2.45) is 0 Å². The lowest BCUT2D eigenvalue weighted by Crippen LogP contribution is -2.44. The third kappa shape index (κ3) is 3.26. The van der Waals surface area contributed by atoms with E-state index in [1.165, 1.54) is 5.56 Å². The van der Waals surface area contributed by atoms with Crippen molar-refractivity contribution in [2.45, 2.75) is 6.42 Å². The summed E-state index contributed by atoms with van der Waals surface area (Å²) < 4.78 is 0. The molecule has 5 heteroatoms. The van der Waals surface area contributed by atoms with Crippen LogP contribution in [0.15, 0.2) is 36.5 Å². The summed E-state index contributed by atoms with van der Waals surface area (Å²) in [6.45, 7) is 3.91. The Hall–Kier alpha value is -1.65. The number of benzene rings is 1. The van der Waals surface area contributed by atoms with E-state index in [4.69, 9.17) is 11.6 Å². The Morgan fingerprint density at radius 1 is 1.10 bits per heavy atom. The lowest BCUT2D eigenvalue weighted by Gasteiger charge is -2.27. The van der Waals surface area contributed by atoms with Crippen molar-refractivity contribution in [2.75, 3.05) is 31.1 Å². The molecule has 3 rings (SSSR count). The second-order valence-electron chi connectivity index (χ2n) is 4.89. The zero-order chi connectivity index (χ0) is 13.8. The smallest absolute Gasteiger partial charge is 0.225 e. The van der Waals surface area contributed by atoms with Gasteiger partial charge in [0, 0.05) is 43.8 Å². The number of nitrogens with one attached hydrogen (secondary N) is 1. The molecule has 1 aliphatic heterocycles. The Morgan fingerprint density at radius 2 is 1.85 bits per heavy atom. The van der Waals surface area contributed by atoms with Crippen LogP contribution >= 0.6 is 11.6 Å². The van der Waals surface area contributed by atoms with Gasteiger partial charge in [-0.1, -0.05) is 23.7 Å². The number of halogens is 1. The Bertz CT molecular complexity index is 564. The molecule has 2 heterocycles. The van der Waals surface area contributed by atoms with Gasteiger partial charge in [0.05, 0.1) is 5.69 Å². The first kappa shape index (κ1) is 13.3. The van der Waals surface area contributed by atoms with Crippen molar-refractivity contribution in [1.29, 1.82) is 0 Å². The highest BCUT2D eigenvalue weighted by Gasteiger charge is 2.13. The first-order chi connectivity index (χ1) is 9.81. The average Bonchev–Trinajstić information content (AvgIpc) is 2.51. The van der Waals surface area contributed by atoms with Crippen molar-refractivity contribution in [3.63, 3.8) is 0 Å². The van der Waals surface area contributed by atoms with Gasteiger partial charge in [0.15, 0.2) is 0 Å². The summed E-state index contributed by atoms with van der Waals surface area (Å²) in [4.78, 5) is 11.3. The van der Waals surface area contributed by atoms with E-state index in [9.17, 15) is 0 Å². The van der Waals surface area contributed by atoms with Gasteiger partial charge < -0.3 is 10.2 Å². The minimum absolute atomic E-state index is 0.762. The summed E-state index contributed by atoms with van der Waals surface area (Å²) in [6.07, 6.45) is 2.65. The van der Waals surface area contributed by atoms with Crippen molar-refractivity contribution in [3.8, 4) is 0 Å². The lowest BCUT2D eigenvalue weighted by atomic mass is 10.1. The van der Waals surface area contributed by atoms with E-state index < -0.39 is 0 Å². The molecule has 0 amide bonds. The van der Waals surface area contributed by atoms with Crippen LogP contribution in [0.25, 0.3) is 0 Å². The number of anilines is 1. The fourth-order valence-electron chi connectivity index (χ4n) is 2.31. The molecule has 4 nitrogen and oxygen atoms in total. The van der Waals surface area contributed by atoms with Crippen LogP contribution in [0, 0.1) is 0 Å². The van der Waals surface area contributed by atoms with Crippen molar-refractivity contribution >= 4 is 17.5 Å². The highest BCUT2D eigenvalue weighted by Crippen LogP contribution is 2.14. The summed E-state index contributed by atoms with van der Waals surface area (Å²) in [5.74, 6) is 0.831. The predicted molar refractivity (Wildman–Crippen MR) is 81.4 cm³/mol. The Labute approximate surface area is 123 Å². The zero-order valence-corrected chi connectivity index (χ0v) is 12.0. The van der Waals surface area contributed by atoms with E-state index in [0.717, 1.165) is 49.3 Å². The van der Waals surface area contributed by atoms with Crippen molar-refractivity contribution in [1.82, 2.24) is 15.3 Å². The van der Waals surface area contributed by atoms with Gasteiger partial charge in [-0.3, -0.25) is 0 Å². The molecule has 0 atom stereocenters. The quantitative estimate of drug-likeness (QED) is 0.939. The molecule has 1 N–H and O–H groups in total. The summed E-state index contributed by atoms with van der Waals surface area (Å²) >= 11 is 5.90. The molecule has 1 saturated heterocycles. The molecule has 2 aromatic rings. The molecule has 20 heavy (non-hydrogen) atoms. The van der Waals surface area contributed by atoms with Crippen LogP contribution in [-0.4, -0.2) is 36.1 Å². The number of hydrogen-bond donors (Lipinski definition) is 1. The van der Waals surface area contributed by atoms with E-state index in [-0.39, 0.29) is 0 Å². The van der Waals surface area contributed by atoms with Crippen LogP contribution in [-0.2, 0) is 6.42 Å². The molecule has 0 bridgehead atoms. The standard InChI is InChI=1S/C15H17ClN4/c16-13-3-1-12(2-4-13)11-14-5-6-18-15(19-14)20-9-7-17-8-10-20/h1-6,17H,7-11H2. The third-order valence-electron chi connectivity index (χ3n) is 3.40. The molecular weight excluding hydrogens is 272 g/mol. The number of rotatable bonds is 3. The van der Waals surface area contributed by atoms with E-state index in [1.807, 2.05) is 36.5 Å². The van der Waals surface area contributed by atoms with Crippen LogP contribution < -0.4 is 10.2 Å². The van der Waals surface area contributed by atoms with Gasteiger partial charge in [-0.25, -0.2) is 9.97 Å². The molecule has 1 aromatic carbocycles. The molecular formula is C15H17ClN4. The highest BCUT2D eigenvalue weighted by atomic mass is 35.5. The van der Waals surface area contributed by atoms with Crippen LogP contribution in [0.4, 0.5) is 5.95 Å². The maximum absolute atomic E-state index is 5.90. The Kier molecular flexibility index (Phi) is 4.14. The summed E-state index contributed by atoms with van der Waals surface area (Å²) in [7, 11) is 0. The molecule has 0 spiro atoms. The van der Waals surface area contributed by atoms with Gasteiger partial charge in [-0.05, 0) is 23.8 Å². The highest BCUT2D eigenvalue weighted by molar-refractivity contribution is 6.30. The first-order valence-electron chi connectivity index (χ1n) is 6.83. The SMILES string of the molecule is Clc1ccc(Cc2ccnc(N3CCNCC3)n2)cc1. The minimum Gasteiger partial charge on any atom is -0.338 e. The topological polar surface area (TPSA) is 41.1 Å². The van der Waals surface area contributed by atoms with Crippen LogP contribution in [0.5, 0.6) is 0 Å². The van der Waals surface area contributed by atoms with E-state index in [1.54, 1.807) is 0 Å². The van der Waals surface area contributed by atoms with Crippen molar-refractivity contribution in [3.05, 3.63) is 52.8 Å². The first-order valence-corrected chi connectivity index (χ1v) is 7.21. The summed E-state index contributed by atoms with van der Waals surface area (Å²) in [6, 6.07) is 9.87. The van der Waals surface area contributed by atoms with E-state index in [2.05, 4.69) is 20.2 Å².